The third-order valence-electron chi connectivity index (χ3n) is 4.98. The van der Waals surface area contributed by atoms with Crippen LogP contribution < -0.4 is 0 Å². The normalized spacial score (nSPS) is 10.6. The molecular weight excluding hydrogens is 388 g/mol. The molecule has 0 fully saturated rings. The van der Waals surface area contributed by atoms with Crippen LogP contribution in [0.4, 0.5) is 0 Å². The van der Waals surface area contributed by atoms with E-state index >= 15 is 0 Å². The summed E-state index contributed by atoms with van der Waals surface area (Å²) in [6, 6.07) is 18.5. The number of phenols is 1. The highest BCUT2D eigenvalue weighted by atomic mass is 16.3. The SMILES string of the molecule is CC(=O)c1ccccc1-c1cc(-c2cn(CC#N)nc2-c2cc(C)cc(O)c2)ccn1. The van der Waals surface area contributed by atoms with Crippen LogP contribution in [0.3, 0.4) is 0 Å². The molecule has 6 nitrogen and oxygen atoms in total. The summed E-state index contributed by atoms with van der Waals surface area (Å²) in [5.41, 5.74) is 6.02. The molecule has 0 amide bonds. The van der Waals surface area contributed by atoms with Crippen LogP contribution in [0.5, 0.6) is 5.75 Å². The highest BCUT2D eigenvalue weighted by Crippen LogP contribution is 2.35. The zero-order chi connectivity index (χ0) is 22.0. The van der Waals surface area contributed by atoms with Crippen molar-refractivity contribution in [3.05, 3.63) is 78.1 Å². The van der Waals surface area contributed by atoms with E-state index in [2.05, 4.69) is 16.2 Å². The largest absolute Gasteiger partial charge is 0.508 e. The van der Waals surface area contributed by atoms with Crippen molar-refractivity contribution in [1.29, 1.82) is 5.26 Å². The fourth-order valence-electron chi connectivity index (χ4n) is 3.66. The molecule has 31 heavy (non-hydrogen) atoms. The number of carbonyl (C=O) groups is 1. The van der Waals surface area contributed by atoms with E-state index in [4.69, 9.17) is 5.26 Å². The van der Waals surface area contributed by atoms with E-state index in [1.165, 1.54) is 6.92 Å². The lowest BCUT2D eigenvalue weighted by Gasteiger charge is -2.09. The van der Waals surface area contributed by atoms with E-state index in [0.29, 0.717) is 17.0 Å². The number of hydrogen-bond donors (Lipinski definition) is 1. The fraction of sp³-hybridized carbons (Fsp3) is 0.120. The Labute approximate surface area is 180 Å². The first kappa shape index (κ1) is 20.0. The summed E-state index contributed by atoms with van der Waals surface area (Å²) in [6.45, 7) is 3.55. The Morgan fingerprint density at radius 1 is 1.10 bits per heavy atom. The highest BCUT2D eigenvalue weighted by Gasteiger charge is 2.16. The van der Waals surface area contributed by atoms with Gasteiger partial charge < -0.3 is 5.11 Å². The lowest BCUT2D eigenvalue weighted by Crippen LogP contribution is -1.97. The Morgan fingerprint density at radius 2 is 1.90 bits per heavy atom. The lowest BCUT2D eigenvalue weighted by atomic mass is 9.97. The number of rotatable bonds is 5. The molecule has 0 aliphatic heterocycles. The van der Waals surface area contributed by atoms with Crippen molar-refractivity contribution in [2.75, 3.05) is 0 Å². The van der Waals surface area contributed by atoms with Crippen LogP contribution in [0.15, 0.2) is 67.0 Å². The van der Waals surface area contributed by atoms with Crippen LogP contribution in [0.25, 0.3) is 33.6 Å². The average Bonchev–Trinajstić information content (AvgIpc) is 3.17. The summed E-state index contributed by atoms with van der Waals surface area (Å²) < 4.78 is 1.58. The fourth-order valence-corrected chi connectivity index (χ4v) is 3.66. The van der Waals surface area contributed by atoms with Crippen LogP contribution in [0.2, 0.25) is 0 Å². The van der Waals surface area contributed by atoms with Crippen molar-refractivity contribution < 1.29 is 9.90 Å². The number of carbonyl (C=O) groups excluding carboxylic acids is 1. The Morgan fingerprint density at radius 3 is 2.65 bits per heavy atom. The van der Waals surface area contributed by atoms with Gasteiger partial charge in [0, 0.05) is 34.6 Å². The van der Waals surface area contributed by atoms with Gasteiger partial charge >= 0.3 is 0 Å². The first-order chi connectivity index (χ1) is 15.0. The molecule has 152 valence electrons. The van der Waals surface area contributed by atoms with E-state index in [-0.39, 0.29) is 18.1 Å². The van der Waals surface area contributed by atoms with Crippen LogP contribution >= 0.6 is 0 Å². The maximum absolute atomic E-state index is 12.1. The average molecular weight is 408 g/mol. The zero-order valence-electron chi connectivity index (χ0n) is 17.2. The van der Waals surface area contributed by atoms with Crippen molar-refractivity contribution in [1.82, 2.24) is 14.8 Å². The summed E-state index contributed by atoms with van der Waals surface area (Å²) >= 11 is 0. The van der Waals surface area contributed by atoms with Crippen molar-refractivity contribution in [2.24, 2.45) is 0 Å². The van der Waals surface area contributed by atoms with Crippen molar-refractivity contribution >= 4 is 5.78 Å². The van der Waals surface area contributed by atoms with Gasteiger partial charge in [-0.3, -0.25) is 14.5 Å². The van der Waals surface area contributed by atoms with Crippen LogP contribution in [0.1, 0.15) is 22.8 Å². The molecule has 0 spiro atoms. The van der Waals surface area contributed by atoms with Crippen molar-refractivity contribution in [3.63, 3.8) is 0 Å². The topological polar surface area (TPSA) is 91.8 Å². The molecule has 2 aromatic carbocycles. The molecule has 0 aliphatic rings. The number of pyridine rings is 1. The van der Waals surface area contributed by atoms with E-state index in [1.54, 1.807) is 29.1 Å². The standard InChI is InChI=1S/C25H20N4O2/c1-16-11-19(13-20(31)12-16)25-23(15-29(28-25)10-8-26)18-7-9-27-24(14-18)22-6-4-3-5-21(22)17(2)30/h3-7,9,11-15,31H,10H2,1-2H3. The summed E-state index contributed by atoms with van der Waals surface area (Å²) in [4.78, 5) is 16.6. The van der Waals surface area contributed by atoms with Crippen LogP contribution in [-0.4, -0.2) is 25.7 Å². The molecule has 0 saturated carbocycles. The monoisotopic (exact) mass is 408 g/mol. The number of nitrogens with zero attached hydrogens (tertiary/aromatic N) is 4. The molecule has 0 bridgehead atoms. The van der Waals surface area contributed by atoms with Gasteiger partial charge in [-0.1, -0.05) is 24.3 Å². The third-order valence-corrected chi connectivity index (χ3v) is 4.98. The van der Waals surface area contributed by atoms with Gasteiger partial charge in [0.1, 0.15) is 18.0 Å². The van der Waals surface area contributed by atoms with Gasteiger partial charge in [-0.2, -0.15) is 10.4 Å². The molecular formula is C25H20N4O2. The smallest absolute Gasteiger partial charge is 0.160 e. The number of phenolic OH excluding ortho intramolecular Hbond substituents is 1. The Hall–Kier alpha value is -4.24. The second-order valence-electron chi connectivity index (χ2n) is 7.34. The molecule has 2 heterocycles. The van der Waals surface area contributed by atoms with Crippen molar-refractivity contribution in [2.45, 2.75) is 20.4 Å². The summed E-state index contributed by atoms with van der Waals surface area (Å²) in [6.07, 6.45) is 3.51. The molecule has 0 radical (unpaired) electrons. The van der Waals surface area contributed by atoms with E-state index in [9.17, 15) is 9.90 Å². The first-order valence-corrected chi connectivity index (χ1v) is 9.78. The summed E-state index contributed by atoms with van der Waals surface area (Å²) in [5, 5.41) is 23.8. The second-order valence-corrected chi connectivity index (χ2v) is 7.34. The zero-order valence-corrected chi connectivity index (χ0v) is 17.2. The minimum atomic E-state index is -0.0273. The van der Waals surface area contributed by atoms with Crippen molar-refractivity contribution in [3.8, 4) is 45.5 Å². The predicted octanol–water partition coefficient (Wildman–Crippen LogP) is 5.02. The number of nitriles is 1. The molecule has 4 rings (SSSR count). The lowest BCUT2D eigenvalue weighted by molar-refractivity contribution is 0.101. The van der Waals surface area contributed by atoms with Crippen LogP contribution in [-0.2, 0) is 6.54 Å². The highest BCUT2D eigenvalue weighted by molar-refractivity contribution is 6.00. The number of aromatic nitrogens is 3. The number of aryl methyl sites for hydroxylation is 1. The Kier molecular flexibility index (Phi) is 5.33. The van der Waals surface area contributed by atoms with Gasteiger partial charge in [-0.05, 0) is 55.3 Å². The third kappa shape index (κ3) is 4.07. The Bertz CT molecular complexity index is 1310. The van der Waals surface area contributed by atoms with Gasteiger partial charge in [0.25, 0.3) is 0 Å². The molecule has 0 aliphatic carbocycles. The predicted molar refractivity (Wildman–Crippen MR) is 118 cm³/mol. The number of hydrogen-bond acceptors (Lipinski definition) is 5. The van der Waals surface area contributed by atoms with E-state index in [1.807, 2.05) is 49.5 Å². The summed E-state index contributed by atoms with van der Waals surface area (Å²) in [7, 11) is 0. The van der Waals surface area contributed by atoms with Gasteiger partial charge in [0.05, 0.1) is 11.8 Å². The molecule has 0 unspecified atom stereocenters. The molecule has 1 N–H and O–H groups in total. The van der Waals surface area contributed by atoms with E-state index in [0.717, 1.165) is 27.8 Å². The van der Waals surface area contributed by atoms with Gasteiger partial charge in [-0.25, -0.2) is 0 Å². The second kappa shape index (κ2) is 8.25. The quantitative estimate of drug-likeness (QED) is 0.468. The molecule has 2 aromatic heterocycles. The maximum atomic E-state index is 12.1. The van der Waals surface area contributed by atoms with E-state index < -0.39 is 0 Å². The van der Waals surface area contributed by atoms with Gasteiger partial charge in [-0.15, -0.1) is 0 Å². The van der Waals surface area contributed by atoms with Gasteiger partial charge in [0.15, 0.2) is 5.78 Å². The maximum Gasteiger partial charge on any atom is 0.160 e. The summed E-state index contributed by atoms with van der Waals surface area (Å²) in [5.74, 6) is 0.127. The number of Topliss-reactive ketones (excluding diaryl/α,β-unsaturated/α-hetero) is 1. The van der Waals surface area contributed by atoms with Gasteiger partial charge in [0.2, 0.25) is 0 Å². The minimum absolute atomic E-state index is 0.0273. The van der Waals surface area contributed by atoms with Crippen LogP contribution in [0, 0.1) is 18.3 Å². The minimum Gasteiger partial charge on any atom is -0.508 e. The number of benzene rings is 2. The Balaban J connectivity index is 1.89. The molecule has 6 heteroatoms. The molecule has 0 saturated heterocycles. The molecule has 4 aromatic rings. The first-order valence-electron chi connectivity index (χ1n) is 9.78. The number of aromatic hydroxyl groups is 1. The number of ketones is 1. The molecule has 0 atom stereocenters.